The second-order valence-corrected chi connectivity index (χ2v) is 13.5. The number of nitrogens with one attached hydrogen (secondary N) is 2. The predicted molar refractivity (Wildman–Crippen MR) is 207 cm³/mol. The fraction of sp³-hybridized carbons (Fsp3) is 0.429. The van der Waals surface area contributed by atoms with Crippen LogP contribution in [0.15, 0.2) is 30.8 Å². The number of unbranched alkanes of at least 4 members (excludes halogenated alkanes) is 3. The Morgan fingerprint density at radius 3 is 2.22 bits per heavy atom. The van der Waals surface area contributed by atoms with Gasteiger partial charge in [0, 0.05) is 46.2 Å². The molecule has 3 aromatic heterocycles. The lowest BCUT2D eigenvalue weighted by atomic mass is 10.00. The normalized spacial score (nSPS) is 13.5. The van der Waals surface area contributed by atoms with Crippen LogP contribution in [-0.4, -0.2) is 58.8 Å². The highest BCUT2D eigenvalue weighted by Gasteiger charge is 2.24. The molecule has 0 fully saturated rings. The minimum atomic E-state index is -0.263. The summed E-state index contributed by atoms with van der Waals surface area (Å²) in [5.74, 6) is -0.263. The molecule has 2 aliphatic heterocycles. The van der Waals surface area contributed by atoms with Gasteiger partial charge in [0.15, 0.2) is 0 Å². The molecule has 3 aromatic rings. The molecule has 270 valence electrons. The number of fused-ring (bicyclic) bond motifs is 8. The first-order valence-electron chi connectivity index (χ1n) is 18.1. The third-order valence-corrected chi connectivity index (χ3v) is 10.2. The summed E-state index contributed by atoms with van der Waals surface area (Å²) < 4.78 is 16.5. The van der Waals surface area contributed by atoms with Gasteiger partial charge in [0.1, 0.15) is 0 Å². The van der Waals surface area contributed by atoms with Crippen LogP contribution >= 0.6 is 0 Å². The number of carbonyl (C=O) groups excluding carboxylic acids is 2. The molecule has 0 spiro atoms. The molecule has 2 N–H and O–H groups in total. The molecular weight excluding hydrogens is 640 g/mol. The van der Waals surface area contributed by atoms with Crippen molar-refractivity contribution in [2.24, 2.45) is 0 Å². The maximum Gasteiger partial charge on any atom is 0.305 e. The topological polar surface area (TPSA) is 119 Å². The van der Waals surface area contributed by atoms with Crippen LogP contribution in [-0.2, 0) is 30.2 Å². The van der Waals surface area contributed by atoms with Crippen molar-refractivity contribution in [3.8, 4) is 0 Å². The predicted octanol–water partition coefficient (Wildman–Crippen LogP) is 9.48. The standard InChI is InChI=1S/C42H52N4O5/c1-9-11-12-13-19-51-29(7)42-28(6)36-21-37-30(10-2)25(3)33(43-37)20-34-26(4)31(15-14-18-50-24-47)38(44-34)23-39-32(16-17-41(48)49-8)27(5)35(45-39)22-40(42)46-36/h10,20-24,29,43,45H,2,9,11-19H2,1,3-8H3. The molecule has 9 heteroatoms. The van der Waals surface area contributed by atoms with E-state index in [0.29, 0.717) is 38.9 Å². The number of aryl methyl sites for hydroxylation is 3. The molecule has 1 atom stereocenters. The molecule has 0 amide bonds. The van der Waals surface area contributed by atoms with E-state index in [1.54, 1.807) is 0 Å². The summed E-state index contributed by atoms with van der Waals surface area (Å²) in [6, 6.07) is 8.39. The fourth-order valence-electron chi connectivity index (χ4n) is 7.14. The lowest BCUT2D eigenvalue weighted by Crippen LogP contribution is -2.12. The van der Waals surface area contributed by atoms with Gasteiger partial charge in [-0.25, -0.2) is 9.97 Å². The van der Waals surface area contributed by atoms with Crippen LogP contribution in [0.5, 0.6) is 0 Å². The van der Waals surface area contributed by atoms with Gasteiger partial charge in [-0.05, 0) is 118 Å². The molecule has 5 heterocycles. The number of aromatic nitrogens is 4. The highest BCUT2D eigenvalue weighted by atomic mass is 16.5. The van der Waals surface area contributed by atoms with Gasteiger partial charge >= 0.3 is 5.97 Å². The van der Waals surface area contributed by atoms with Gasteiger partial charge in [-0.2, -0.15) is 0 Å². The number of hydrogen-bond donors (Lipinski definition) is 2. The van der Waals surface area contributed by atoms with E-state index < -0.39 is 0 Å². The van der Waals surface area contributed by atoms with Crippen LogP contribution in [0, 0.1) is 13.8 Å². The monoisotopic (exact) mass is 692 g/mol. The van der Waals surface area contributed by atoms with E-state index in [1.165, 1.54) is 20.0 Å². The van der Waals surface area contributed by atoms with Crippen molar-refractivity contribution in [2.45, 2.75) is 99.0 Å². The van der Waals surface area contributed by atoms with E-state index in [9.17, 15) is 9.59 Å². The number of ether oxygens (including phenoxy) is 3. The van der Waals surface area contributed by atoms with Crippen molar-refractivity contribution < 1.29 is 23.8 Å². The smallest absolute Gasteiger partial charge is 0.305 e. The second-order valence-electron chi connectivity index (χ2n) is 13.5. The maximum atomic E-state index is 12.3. The molecule has 8 bridgehead atoms. The molecule has 1 unspecified atom stereocenters. The minimum Gasteiger partial charge on any atom is -0.469 e. The summed E-state index contributed by atoms with van der Waals surface area (Å²) in [7, 11) is 1.42. The first kappa shape index (κ1) is 37.5. The highest BCUT2D eigenvalue weighted by molar-refractivity contribution is 5.96. The molecule has 0 aromatic carbocycles. The molecule has 2 aliphatic rings. The van der Waals surface area contributed by atoms with Crippen molar-refractivity contribution >= 4 is 62.9 Å². The summed E-state index contributed by atoms with van der Waals surface area (Å²) >= 11 is 0. The first-order valence-corrected chi connectivity index (χ1v) is 18.1. The first-order chi connectivity index (χ1) is 24.6. The SMILES string of the molecule is C=Cc1c(C)c2cc3nc(cc4[nH]c(cc5nc(cc1[nH]2)C(C)=C5C(C)OCCCCCC)c(C)c4CCC(=O)OC)C(CCCOC=O)=C3C. The van der Waals surface area contributed by atoms with Gasteiger partial charge in [0.05, 0.1) is 42.6 Å². The molecule has 0 saturated heterocycles. The second kappa shape index (κ2) is 17.0. The average Bonchev–Trinajstić information content (AvgIpc) is 3.78. The lowest BCUT2D eigenvalue weighted by Gasteiger charge is -2.16. The van der Waals surface area contributed by atoms with Gasteiger partial charge in [-0.3, -0.25) is 9.59 Å². The zero-order valence-corrected chi connectivity index (χ0v) is 31.3. The molecule has 0 saturated carbocycles. The zero-order chi connectivity index (χ0) is 36.7. The van der Waals surface area contributed by atoms with E-state index in [0.717, 1.165) is 102 Å². The van der Waals surface area contributed by atoms with Crippen LogP contribution in [0.3, 0.4) is 0 Å². The maximum absolute atomic E-state index is 12.3. The largest absolute Gasteiger partial charge is 0.469 e. The van der Waals surface area contributed by atoms with Crippen molar-refractivity contribution in [2.75, 3.05) is 20.3 Å². The Bertz CT molecular complexity index is 2030. The van der Waals surface area contributed by atoms with Gasteiger partial charge in [0.25, 0.3) is 6.47 Å². The van der Waals surface area contributed by atoms with Crippen LogP contribution in [0.25, 0.3) is 50.4 Å². The molecule has 51 heavy (non-hydrogen) atoms. The van der Waals surface area contributed by atoms with Crippen LogP contribution < -0.4 is 0 Å². The molecule has 5 rings (SSSR count). The fourth-order valence-corrected chi connectivity index (χ4v) is 7.14. The number of nitrogens with zero attached hydrogens (tertiary/aromatic N) is 2. The number of allylic oxidation sites excluding steroid dienone is 3. The van der Waals surface area contributed by atoms with Crippen LogP contribution in [0.4, 0.5) is 0 Å². The molecule has 0 radical (unpaired) electrons. The number of esters is 1. The van der Waals surface area contributed by atoms with E-state index in [-0.39, 0.29) is 18.5 Å². The Labute approximate surface area is 301 Å². The summed E-state index contributed by atoms with van der Waals surface area (Å²) in [6.45, 7) is 18.4. The number of aromatic amines is 2. The van der Waals surface area contributed by atoms with Crippen molar-refractivity contribution in [1.82, 2.24) is 19.9 Å². The van der Waals surface area contributed by atoms with E-state index in [1.807, 2.05) is 6.08 Å². The number of H-pyrrole nitrogens is 2. The van der Waals surface area contributed by atoms with E-state index in [4.69, 9.17) is 24.2 Å². The molecule has 0 aliphatic carbocycles. The minimum absolute atomic E-state index is 0.164. The number of hydrogen-bond acceptors (Lipinski definition) is 7. The van der Waals surface area contributed by atoms with Crippen molar-refractivity contribution in [3.63, 3.8) is 0 Å². The third kappa shape index (κ3) is 8.25. The number of carbonyl (C=O) groups is 2. The Morgan fingerprint density at radius 2 is 1.49 bits per heavy atom. The summed E-state index contributed by atoms with van der Waals surface area (Å²) in [5, 5.41) is 0. The van der Waals surface area contributed by atoms with Gasteiger partial charge in [0.2, 0.25) is 0 Å². The van der Waals surface area contributed by atoms with Crippen molar-refractivity contribution in [1.29, 1.82) is 0 Å². The lowest BCUT2D eigenvalue weighted by molar-refractivity contribution is -0.140. The highest BCUT2D eigenvalue weighted by Crippen LogP contribution is 2.37. The van der Waals surface area contributed by atoms with Crippen LogP contribution in [0.2, 0.25) is 0 Å². The Balaban J connectivity index is 1.80. The third-order valence-electron chi connectivity index (χ3n) is 10.2. The molecule has 9 nitrogen and oxygen atoms in total. The van der Waals surface area contributed by atoms with E-state index in [2.05, 4.69) is 82.4 Å². The van der Waals surface area contributed by atoms with E-state index >= 15 is 0 Å². The van der Waals surface area contributed by atoms with Gasteiger partial charge < -0.3 is 24.2 Å². The Hall–Kier alpha value is -4.76. The Kier molecular flexibility index (Phi) is 12.5. The quantitative estimate of drug-likeness (QED) is 0.0872. The summed E-state index contributed by atoms with van der Waals surface area (Å²) in [4.78, 5) is 40.9. The Morgan fingerprint density at radius 1 is 0.824 bits per heavy atom. The number of rotatable bonds is 16. The van der Waals surface area contributed by atoms with Gasteiger partial charge in [-0.1, -0.05) is 38.8 Å². The molecular formula is C42H52N4O5. The van der Waals surface area contributed by atoms with Gasteiger partial charge in [-0.15, -0.1) is 0 Å². The zero-order valence-electron chi connectivity index (χ0n) is 31.3. The van der Waals surface area contributed by atoms with Crippen molar-refractivity contribution in [3.05, 3.63) is 75.9 Å². The number of methoxy groups -OCH3 is 1. The average molecular weight is 693 g/mol. The summed E-state index contributed by atoms with van der Waals surface area (Å²) in [5.41, 5.74) is 15.5. The summed E-state index contributed by atoms with van der Waals surface area (Å²) in [6.07, 6.45) is 8.38. The van der Waals surface area contributed by atoms with Crippen LogP contribution in [0.1, 0.15) is 118 Å².